The highest BCUT2D eigenvalue weighted by Gasteiger charge is 2.54. The molecule has 0 aromatic heterocycles. The molecule has 1 saturated heterocycles. The van der Waals surface area contributed by atoms with Crippen LogP contribution in [0, 0.1) is 23.7 Å². The fraction of sp³-hybridized carbons (Fsp3) is 0.419. The molecule has 1 aliphatic heterocycles. The van der Waals surface area contributed by atoms with E-state index in [-0.39, 0.29) is 0 Å². The molecular weight excluding hydrogens is 442 g/mol. The lowest BCUT2D eigenvalue weighted by molar-refractivity contribution is 0.272. The minimum absolute atomic E-state index is 0.587. The fourth-order valence-electron chi connectivity index (χ4n) is 7.55. The average molecular weight is 482 g/mol. The molecule has 182 valence electrons. The number of nitrogens with zero attached hydrogens (tertiary/aromatic N) is 1. The third-order valence-corrected chi connectivity index (χ3v) is 13.7. The molecule has 1 saturated carbocycles. The maximum atomic E-state index is 3.58. The summed E-state index contributed by atoms with van der Waals surface area (Å²) < 4.78 is 2.76. The quantitative estimate of drug-likeness (QED) is 0.317. The van der Waals surface area contributed by atoms with E-state index in [1.165, 1.54) is 33.5 Å². The lowest BCUT2D eigenvalue weighted by Crippen LogP contribution is -2.63. The molecular formula is C31H39N3Si. The van der Waals surface area contributed by atoms with Crippen LogP contribution in [0.2, 0.25) is 18.6 Å². The van der Waals surface area contributed by atoms with Gasteiger partial charge < -0.3 is 0 Å². The Morgan fingerprint density at radius 1 is 0.914 bits per heavy atom. The van der Waals surface area contributed by atoms with Gasteiger partial charge in [0, 0.05) is 20.0 Å². The average Bonchev–Trinajstić information content (AvgIpc) is 3.29. The summed E-state index contributed by atoms with van der Waals surface area (Å²) in [5.41, 5.74) is 3.79. The number of fused-ring (bicyclic) bond motifs is 3. The Bertz CT molecular complexity index is 1250. The van der Waals surface area contributed by atoms with Crippen molar-refractivity contribution < 1.29 is 0 Å². The molecule has 6 rings (SSSR count). The molecule has 4 unspecified atom stereocenters. The van der Waals surface area contributed by atoms with E-state index >= 15 is 0 Å². The summed E-state index contributed by atoms with van der Waals surface area (Å²) in [7, 11) is -1.71. The van der Waals surface area contributed by atoms with Gasteiger partial charge in [0.25, 0.3) is 0 Å². The van der Waals surface area contributed by atoms with E-state index in [1.54, 1.807) is 5.57 Å². The minimum atomic E-state index is -1.71. The number of allylic oxidation sites excluding steroid dienone is 4. The second-order valence-electron chi connectivity index (χ2n) is 11.7. The van der Waals surface area contributed by atoms with Crippen LogP contribution in [-0.2, 0) is 0 Å². The molecule has 4 atom stereocenters. The lowest BCUT2D eigenvalue weighted by atomic mass is 9.78. The second kappa shape index (κ2) is 9.01. The van der Waals surface area contributed by atoms with Gasteiger partial charge in [0.05, 0.1) is 0 Å². The van der Waals surface area contributed by atoms with Crippen molar-refractivity contribution >= 4 is 35.4 Å². The molecule has 3 aromatic carbocycles. The third-order valence-electron chi connectivity index (χ3n) is 9.28. The zero-order valence-corrected chi connectivity index (χ0v) is 22.6. The topological polar surface area (TPSA) is 27.3 Å². The van der Waals surface area contributed by atoms with E-state index < -0.39 is 8.24 Å². The first-order valence-corrected chi connectivity index (χ1v) is 16.4. The highest BCUT2D eigenvalue weighted by atomic mass is 28.3. The molecule has 4 heteroatoms. The van der Waals surface area contributed by atoms with E-state index in [4.69, 9.17) is 0 Å². The summed E-state index contributed by atoms with van der Waals surface area (Å²) in [6.45, 7) is 13.1. The summed E-state index contributed by atoms with van der Waals surface area (Å²) in [5, 5.41) is 12.7. The maximum absolute atomic E-state index is 3.58. The van der Waals surface area contributed by atoms with E-state index in [1.807, 2.05) is 0 Å². The molecule has 35 heavy (non-hydrogen) atoms. The second-order valence-corrected chi connectivity index (χ2v) is 16.3. The Hall–Kier alpha value is -2.24. The number of nitrogens with one attached hydrogen (secondary N) is 2. The Morgan fingerprint density at radius 3 is 2.17 bits per heavy atom. The van der Waals surface area contributed by atoms with Crippen molar-refractivity contribution in [2.75, 3.05) is 20.0 Å². The molecule has 0 amide bonds. The summed E-state index contributed by atoms with van der Waals surface area (Å²) >= 11 is 0. The van der Waals surface area contributed by atoms with E-state index in [0.29, 0.717) is 17.8 Å². The molecule has 3 nitrogen and oxygen atoms in total. The van der Waals surface area contributed by atoms with Gasteiger partial charge >= 0.3 is 0 Å². The van der Waals surface area contributed by atoms with Gasteiger partial charge in [-0.3, -0.25) is 15.2 Å². The van der Waals surface area contributed by atoms with Crippen molar-refractivity contribution in [1.29, 1.82) is 0 Å². The Labute approximate surface area is 211 Å². The third kappa shape index (κ3) is 3.82. The van der Waals surface area contributed by atoms with Gasteiger partial charge in [-0.05, 0) is 74.4 Å². The van der Waals surface area contributed by atoms with Gasteiger partial charge in [-0.2, -0.15) is 0 Å². The molecule has 2 fully saturated rings. The summed E-state index contributed by atoms with van der Waals surface area (Å²) in [4.78, 5) is 0. The van der Waals surface area contributed by atoms with Crippen molar-refractivity contribution in [2.24, 2.45) is 23.7 Å². The SMILES string of the molecule is CC(C)C1CC2C(c3c4ccccc4cc4ccccc34)=CC=CC2C1[Si](C)(C)N1CNCNC1. The predicted molar refractivity (Wildman–Crippen MR) is 152 cm³/mol. The molecule has 2 N–H and O–H groups in total. The van der Waals surface area contributed by atoms with Crippen LogP contribution in [0.15, 0.2) is 72.8 Å². The number of hydrogen-bond donors (Lipinski definition) is 2. The van der Waals surface area contributed by atoms with Crippen molar-refractivity contribution in [3.63, 3.8) is 0 Å². The maximum Gasteiger partial charge on any atom is 0.129 e. The fourth-order valence-corrected chi connectivity index (χ4v) is 11.9. The number of hydrogen-bond acceptors (Lipinski definition) is 3. The normalized spacial score (nSPS) is 27.5. The van der Waals surface area contributed by atoms with Crippen LogP contribution in [0.25, 0.3) is 27.1 Å². The minimum Gasteiger partial charge on any atom is -0.299 e. The van der Waals surface area contributed by atoms with E-state index in [2.05, 4.69) is 115 Å². The van der Waals surface area contributed by atoms with Crippen LogP contribution in [0.1, 0.15) is 25.8 Å². The molecule has 0 spiro atoms. The van der Waals surface area contributed by atoms with Crippen LogP contribution in [0.5, 0.6) is 0 Å². The van der Waals surface area contributed by atoms with Gasteiger partial charge in [-0.1, -0.05) is 93.7 Å². The number of benzene rings is 3. The van der Waals surface area contributed by atoms with Crippen LogP contribution in [-0.4, -0.2) is 32.8 Å². The first-order chi connectivity index (χ1) is 17.0. The Morgan fingerprint density at radius 2 is 1.54 bits per heavy atom. The van der Waals surface area contributed by atoms with Crippen molar-refractivity contribution in [2.45, 2.75) is 38.9 Å². The molecule has 0 radical (unpaired) electrons. The zero-order valence-electron chi connectivity index (χ0n) is 21.6. The van der Waals surface area contributed by atoms with Crippen molar-refractivity contribution in [3.8, 4) is 0 Å². The van der Waals surface area contributed by atoms with Crippen molar-refractivity contribution in [3.05, 3.63) is 78.4 Å². The monoisotopic (exact) mass is 481 g/mol. The van der Waals surface area contributed by atoms with Gasteiger partial charge in [-0.25, -0.2) is 0 Å². The summed E-state index contributed by atoms with van der Waals surface area (Å²) in [6, 6.07) is 20.4. The molecule has 3 aromatic rings. The van der Waals surface area contributed by atoms with Crippen LogP contribution in [0.3, 0.4) is 0 Å². The van der Waals surface area contributed by atoms with Gasteiger partial charge in [0.2, 0.25) is 0 Å². The predicted octanol–water partition coefficient (Wildman–Crippen LogP) is 6.80. The largest absolute Gasteiger partial charge is 0.299 e. The van der Waals surface area contributed by atoms with Crippen molar-refractivity contribution in [1.82, 2.24) is 15.2 Å². The summed E-state index contributed by atoms with van der Waals surface area (Å²) in [6.07, 6.45) is 8.72. The van der Waals surface area contributed by atoms with Gasteiger partial charge in [-0.15, -0.1) is 0 Å². The Kier molecular flexibility index (Phi) is 5.96. The molecule has 0 bridgehead atoms. The Balaban J connectivity index is 1.48. The lowest BCUT2D eigenvalue weighted by Gasteiger charge is -2.48. The van der Waals surface area contributed by atoms with Gasteiger partial charge in [0.15, 0.2) is 0 Å². The van der Waals surface area contributed by atoms with E-state index in [9.17, 15) is 0 Å². The standard InChI is InChI=1S/C31H39N3Si/c1-21(2)28-17-29-26(14-9-15-27(29)31(28)35(3,4)34-19-32-18-33-20-34)30-24-12-7-5-10-22(24)16-23-11-6-8-13-25(23)30/h5-16,21,27-29,31-33H,17-20H2,1-4H3. The first kappa shape index (κ1) is 23.2. The molecule has 3 aliphatic rings. The summed E-state index contributed by atoms with van der Waals surface area (Å²) in [5.74, 6) is 2.65. The van der Waals surface area contributed by atoms with Crippen LogP contribution in [0.4, 0.5) is 0 Å². The highest BCUT2D eigenvalue weighted by Crippen LogP contribution is 2.59. The highest BCUT2D eigenvalue weighted by molar-refractivity contribution is 6.76. The molecule has 1 heterocycles. The van der Waals surface area contributed by atoms with Crippen LogP contribution < -0.4 is 10.6 Å². The van der Waals surface area contributed by atoms with Gasteiger partial charge in [0.1, 0.15) is 8.24 Å². The van der Waals surface area contributed by atoms with Crippen LogP contribution >= 0.6 is 0 Å². The molecule has 2 aliphatic carbocycles. The number of rotatable bonds is 4. The smallest absolute Gasteiger partial charge is 0.129 e. The van der Waals surface area contributed by atoms with E-state index in [0.717, 1.165) is 31.5 Å². The zero-order chi connectivity index (χ0) is 24.2. The first-order valence-electron chi connectivity index (χ1n) is 13.4.